The molecule has 1 nitrogen and oxygen atoms in total. The molecule has 1 aliphatic rings. The van der Waals surface area contributed by atoms with Crippen LogP contribution in [0.3, 0.4) is 0 Å². The van der Waals surface area contributed by atoms with Crippen LogP contribution >= 0.6 is 0 Å². The molecular weight excluding hydrogens is 340 g/mol. The second-order valence-electron chi connectivity index (χ2n) is 8.49. The summed E-state index contributed by atoms with van der Waals surface area (Å²) in [6, 6.07) is 15.3. The van der Waals surface area contributed by atoms with Gasteiger partial charge in [0.15, 0.2) is 0 Å². The van der Waals surface area contributed by atoms with Gasteiger partial charge in [0.1, 0.15) is 0 Å². The van der Waals surface area contributed by atoms with Crippen molar-refractivity contribution in [3.05, 3.63) is 48.0 Å². The lowest BCUT2D eigenvalue weighted by atomic mass is 9.82. The fraction of sp³-hybridized carbons (Fsp3) is 0.630. The third kappa shape index (κ3) is 6.08. The number of hydrogen-bond donors (Lipinski definition) is 1. The van der Waals surface area contributed by atoms with E-state index in [2.05, 4.69) is 56.3 Å². The standard InChI is InChI=1S/C25H36O.C2H6/c1-3-4-5-6-7-14-22-19(2)18-25(26)24(22)17-16-21-13-10-12-20-11-8-9-15-23(20)21;1-2/h8-13,15,19,22,24-26H,3-7,14,16-18H2,1-2H3;1-2H3/t19?,22-,24?,25+;/m0./s1. The molecule has 2 aromatic rings. The summed E-state index contributed by atoms with van der Waals surface area (Å²) in [5, 5.41) is 13.4. The van der Waals surface area contributed by atoms with Crippen LogP contribution in [-0.4, -0.2) is 11.2 Å². The Morgan fingerprint density at radius 2 is 1.57 bits per heavy atom. The number of benzene rings is 2. The van der Waals surface area contributed by atoms with Crippen LogP contribution in [0.1, 0.15) is 84.6 Å². The predicted octanol–water partition coefficient (Wildman–Crippen LogP) is 7.79. The molecule has 0 aliphatic heterocycles. The zero-order valence-electron chi connectivity index (χ0n) is 18.7. The van der Waals surface area contributed by atoms with Crippen LogP contribution in [0.5, 0.6) is 0 Å². The van der Waals surface area contributed by atoms with Gasteiger partial charge in [-0.05, 0) is 59.8 Å². The van der Waals surface area contributed by atoms with Gasteiger partial charge in [0.25, 0.3) is 0 Å². The number of rotatable bonds is 9. The topological polar surface area (TPSA) is 20.2 Å². The molecule has 1 N–H and O–H groups in total. The molecule has 0 saturated heterocycles. The summed E-state index contributed by atoms with van der Waals surface area (Å²) in [6.45, 7) is 8.64. The monoisotopic (exact) mass is 382 g/mol. The van der Waals surface area contributed by atoms with E-state index in [1.165, 1.54) is 54.9 Å². The minimum Gasteiger partial charge on any atom is -0.393 e. The van der Waals surface area contributed by atoms with Crippen molar-refractivity contribution in [2.24, 2.45) is 17.8 Å². The summed E-state index contributed by atoms with van der Waals surface area (Å²) < 4.78 is 0. The van der Waals surface area contributed by atoms with Crippen molar-refractivity contribution in [3.8, 4) is 0 Å². The van der Waals surface area contributed by atoms with Crippen LogP contribution in [-0.2, 0) is 6.42 Å². The lowest BCUT2D eigenvalue weighted by Gasteiger charge is -2.24. The summed E-state index contributed by atoms with van der Waals surface area (Å²) in [7, 11) is 0. The highest BCUT2D eigenvalue weighted by molar-refractivity contribution is 5.85. The number of aliphatic hydroxyl groups is 1. The summed E-state index contributed by atoms with van der Waals surface area (Å²) in [5.74, 6) is 1.87. The smallest absolute Gasteiger partial charge is 0.0573 e. The van der Waals surface area contributed by atoms with Crippen LogP contribution in [0.25, 0.3) is 10.8 Å². The maximum Gasteiger partial charge on any atom is 0.0573 e. The third-order valence-electron chi connectivity index (χ3n) is 6.66. The molecule has 0 amide bonds. The Morgan fingerprint density at radius 1 is 0.857 bits per heavy atom. The van der Waals surface area contributed by atoms with Crippen molar-refractivity contribution in [2.75, 3.05) is 0 Å². The largest absolute Gasteiger partial charge is 0.393 e. The molecule has 2 unspecified atom stereocenters. The van der Waals surface area contributed by atoms with Gasteiger partial charge < -0.3 is 5.11 Å². The molecule has 156 valence electrons. The molecular formula is C27H42O. The van der Waals surface area contributed by atoms with Crippen LogP contribution in [0.4, 0.5) is 0 Å². The maximum atomic E-state index is 10.7. The lowest BCUT2D eigenvalue weighted by molar-refractivity contribution is 0.109. The van der Waals surface area contributed by atoms with Gasteiger partial charge in [0, 0.05) is 0 Å². The second-order valence-corrected chi connectivity index (χ2v) is 8.49. The molecule has 0 heterocycles. The Bertz CT molecular complexity index is 672. The van der Waals surface area contributed by atoms with Crippen molar-refractivity contribution in [3.63, 3.8) is 0 Å². The molecule has 0 bridgehead atoms. The fourth-order valence-corrected chi connectivity index (χ4v) is 5.16. The summed E-state index contributed by atoms with van der Waals surface area (Å²) in [5.41, 5.74) is 1.44. The molecule has 1 saturated carbocycles. The van der Waals surface area contributed by atoms with E-state index in [0.717, 1.165) is 19.3 Å². The average Bonchev–Trinajstić information content (AvgIpc) is 3.00. The van der Waals surface area contributed by atoms with Crippen LogP contribution in [0, 0.1) is 17.8 Å². The number of aliphatic hydroxyl groups excluding tert-OH is 1. The van der Waals surface area contributed by atoms with Gasteiger partial charge in [-0.2, -0.15) is 0 Å². The zero-order valence-corrected chi connectivity index (χ0v) is 18.7. The Balaban J connectivity index is 0.00000136. The molecule has 2 aromatic carbocycles. The minimum atomic E-state index is -0.0966. The third-order valence-corrected chi connectivity index (χ3v) is 6.66. The molecule has 0 spiro atoms. The van der Waals surface area contributed by atoms with Gasteiger partial charge >= 0.3 is 0 Å². The minimum absolute atomic E-state index is 0.0966. The summed E-state index contributed by atoms with van der Waals surface area (Å²) >= 11 is 0. The van der Waals surface area contributed by atoms with Crippen LogP contribution in [0.15, 0.2) is 42.5 Å². The highest BCUT2D eigenvalue weighted by Gasteiger charge is 2.39. The molecule has 1 aliphatic carbocycles. The highest BCUT2D eigenvalue weighted by atomic mass is 16.3. The average molecular weight is 383 g/mol. The molecule has 3 rings (SSSR count). The quantitative estimate of drug-likeness (QED) is 0.439. The zero-order chi connectivity index (χ0) is 20.4. The molecule has 1 heteroatoms. The number of aryl methyl sites for hydroxylation is 1. The predicted molar refractivity (Wildman–Crippen MR) is 124 cm³/mol. The van der Waals surface area contributed by atoms with Crippen molar-refractivity contribution in [1.29, 1.82) is 0 Å². The Labute approximate surface area is 173 Å². The second kappa shape index (κ2) is 12.3. The Kier molecular flexibility index (Phi) is 10.1. The Hall–Kier alpha value is -1.34. The van der Waals surface area contributed by atoms with E-state index < -0.39 is 0 Å². The summed E-state index contributed by atoms with van der Waals surface area (Å²) in [4.78, 5) is 0. The van der Waals surface area contributed by atoms with Gasteiger partial charge in [0.2, 0.25) is 0 Å². The van der Waals surface area contributed by atoms with Gasteiger partial charge in [-0.3, -0.25) is 0 Å². The molecule has 0 radical (unpaired) electrons. The SMILES string of the molecule is CC.CCCCCCC[C@H]1C(C)C[C@@H](O)C1CCc1cccc2ccccc12. The maximum absolute atomic E-state index is 10.7. The lowest BCUT2D eigenvalue weighted by Crippen LogP contribution is -2.21. The van der Waals surface area contributed by atoms with Crippen molar-refractivity contribution in [2.45, 2.75) is 91.6 Å². The van der Waals surface area contributed by atoms with E-state index in [-0.39, 0.29) is 6.10 Å². The first-order valence-electron chi connectivity index (χ1n) is 11.9. The molecule has 4 atom stereocenters. The van der Waals surface area contributed by atoms with E-state index >= 15 is 0 Å². The Morgan fingerprint density at radius 3 is 2.36 bits per heavy atom. The first-order valence-corrected chi connectivity index (χ1v) is 11.9. The fourth-order valence-electron chi connectivity index (χ4n) is 5.16. The first-order chi connectivity index (χ1) is 13.7. The van der Waals surface area contributed by atoms with E-state index in [1.807, 2.05) is 13.8 Å². The van der Waals surface area contributed by atoms with Crippen LogP contribution in [0.2, 0.25) is 0 Å². The summed E-state index contributed by atoms with van der Waals surface area (Å²) in [6.07, 6.45) is 11.2. The van der Waals surface area contributed by atoms with E-state index in [4.69, 9.17) is 0 Å². The van der Waals surface area contributed by atoms with Crippen LogP contribution < -0.4 is 0 Å². The van der Waals surface area contributed by atoms with Gasteiger partial charge in [-0.1, -0.05) is 102 Å². The van der Waals surface area contributed by atoms with Gasteiger partial charge in [-0.15, -0.1) is 0 Å². The number of hydrogen-bond acceptors (Lipinski definition) is 1. The molecule has 28 heavy (non-hydrogen) atoms. The van der Waals surface area contributed by atoms with E-state index in [9.17, 15) is 5.11 Å². The highest BCUT2D eigenvalue weighted by Crippen LogP contribution is 2.42. The van der Waals surface area contributed by atoms with E-state index in [0.29, 0.717) is 17.8 Å². The van der Waals surface area contributed by atoms with Crippen molar-refractivity contribution < 1.29 is 5.11 Å². The van der Waals surface area contributed by atoms with E-state index in [1.54, 1.807) is 0 Å². The molecule has 1 fully saturated rings. The van der Waals surface area contributed by atoms with Crippen molar-refractivity contribution >= 4 is 10.8 Å². The molecule has 0 aromatic heterocycles. The number of unbranched alkanes of at least 4 members (excludes halogenated alkanes) is 4. The number of fused-ring (bicyclic) bond motifs is 1. The van der Waals surface area contributed by atoms with Gasteiger partial charge in [0.05, 0.1) is 6.10 Å². The normalized spacial score (nSPS) is 24.2. The first kappa shape index (κ1) is 22.9. The van der Waals surface area contributed by atoms with Crippen molar-refractivity contribution in [1.82, 2.24) is 0 Å². The van der Waals surface area contributed by atoms with Gasteiger partial charge in [-0.25, -0.2) is 0 Å².